The highest BCUT2D eigenvalue weighted by Crippen LogP contribution is 2.41. The molecule has 6 unspecified atom stereocenters. The summed E-state index contributed by atoms with van der Waals surface area (Å²) in [7, 11) is 0. The van der Waals surface area contributed by atoms with Crippen LogP contribution >= 0.6 is 0 Å². The van der Waals surface area contributed by atoms with Crippen LogP contribution in [0.15, 0.2) is 79.0 Å². The van der Waals surface area contributed by atoms with Gasteiger partial charge in [0.1, 0.15) is 18.3 Å². The van der Waals surface area contributed by atoms with Gasteiger partial charge in [-0.3, -0.25) is 9.78 Å². The van der Waals surface area contributed by atoms with E-state index in [-0.39, 0.29) is 6.61 Å². The van der Waals surface area contributed by atoms with Crippen molar-refractivity contribution in [3.8, 4) is 0 Å². The topological polar surface area (TPSA) is 113 Å². The molecule has 0 aliphatic carbocycles. The number of pyridine rings is 1. The largest absolute Gasteiger partial charge is 0.394 e. The van der Waals surface area contributed by atoms with Crippen LogP contribution in [0.4, 0.5) is 0 Å². The highest BCUT2D eigenvalue weighted by molar-refractivity contribution is 5.92. The van der Waals surface area contributed by atoms with Crippen LogP contribution < -0.4 is 5.73 Å². The van der Waals surface area contributed by atoms with Crippen LogP contribution in [0.2, 0.25) is 0 Å². The van der Waals surface area contributed by atoms with Gasteiger partial charge in [0, 0.05) is 35.0 Å². The Bertz CT molecular complexity index is 1110. The van der Waals surface area contributed by atoms with E-state index in [1.807, 2.05) is 60.7 Å². The van der Waals surface area contributed by atoms with Crippen molar-refractivity contribution in [1.29, 1.82) is 0 Å². The fourth-order valence-electron chi connectivity index (χ4n) is 4.37. The number of amides is 1. The summed E-state index contributed by atoms with van der Waals surface area (Å²) in [4.78, 5) is 16.1. The maximum atomic E-state index is 11.7. The van der Waals surface area contributed by atoms with Crippen molar-refractivity contribution in [2.24, 2.45) is 5.73 Å². The second kappa shape index (κ2) is 10.0. The van der Waals surface area contributed by atoms with Gasteiger partial charge in [-0.15, -0.1) is 0 Å². The van der Waals surface area contributed by atoms with Gasteiger partial charge in [0.05, 0.1) is 12.7 Å². The molecule has 8 heteroatoms. The van der Waals surface area contributed by atoms with E-state index in [2.05, 4.69) is 4.98 Å². The molecule has 2 aromatic carbocycles. The highest BCUT2D eigenvalue weighted by atomic mass is 16.8. The van der Waals surface area contributed by atoms with Crippen LogP contribution in [0.1, 0.15) is 39.8 Å². The maximum Gasteiger partial charge on any atom is 0.248 e. The number of benzene rings is 2. The number of aliphatic hydroxyl groups excluding tert-OH is 1. The Morgan fingerprint density at radius 3 is 1.94 bits per heavy atom. The second-order valence-corrected chi connectivity index (χ2v) is 8.32. The summed E-state index contributed by atoms with van der Waals surface area (Å²) in [6.45, 7) is -0.239. The second-order valence-electron chi connectivity index (χ2n) is 8.32. The van der Waals surface area contributed by atoms with E-state index >= 15 is 0 Å². The molecule has 2 aliphatic rings. The summed E-state index contributed by atoms with van der Waals surface area (Å²) in [6.07, 6.45) is -1.68. The molecule has 6 atom stereocenters. The fraction of sp³-hybridized carbons (Fsp3) is 0.308. The van der Waals surface area contributed by atoms with E-state index in [0.29, 0.717) is 17.7 Å². The van der Waals surface area contributed by atoms with Gasteiger partial charge in [-0.2, -0.15) is 0 Å². The van der Waals surface area contributed by atoms with E-state index < -0.39 is 42.9 Å². The quantitative estimate of drug-likeness (QED) is 0.579. The SMILES string of the molecule is NC(=O)c1ccnc(CC2OC(c3ccccc3)OC3C(CO)OC(c4ccccc4)OC23)c1. The van der Waals surface area contributed by atoms with Crippen molar-refractivity contribution in [2.45, 2.75) is 43.4 Å². The number of hydrogen-bond donors (Lipinski definition) is 2. The third-order valence-corrected chi connectivity index (χ3v) is 6.05. The van der Waals surface area contributed by atoms with Crippen molar-refractivity contribution in [3.63, 3.8) is 0 Å². The monoisotopic (exact) mass is 462 g/mol. The number of nitrogens with zero attached hydrogens (tertiary/aromatic N) is 1. The molecule has 5 rings (SSSR count). The standard InChI is InChI=1S/C26H26N2O6/c27-24(30)18-11-12-28-19(13-18)14-20-22-23(34-25(31-20)16-7-3-1-4-8-16)21(15-29)32-26(33-22)17-9-5-2-6-10-17/h1-13,20-23,25-26,29H,14-15H2,(H2,27,30). The van der Waals surface area contributed by atoms with E-state index in [1.165, 1.54) is 0 Å². The summed E-state index contributed by atoms with van der Waals surface area (Å²) < 4.78 is 25.1. The molecule has 0 bridgehead atoms. The minimum Gasteiger partial charge on any atom is -0.394 e. The van der Waals surface area contributed by atoms with Crippen LogP contribution in [-0.4, -0.2) is 47.0 Å². The lowest BCUT2D eigenvalue weighted by Gasteiger charge is -2.49. The first-order valence-electron chi connectivity index (χ1n) is 11.2. The van der Waals surface area contributed by atoms with Gasteiger partial charge in [0.25, 0.3) is 0 Å². The number of hydrogen-bond acceptors (Lipinski definition) is 7. The van der Waals surface area contributed by atoms with Gasteiger partial charge in [-0.05, 0) is 12.1 Å². The molecule has 0 spiro atoms. The zero-order chi connectivity index (χ0) is 23.5. The van der Waals surface area contributed by atoms with Crippen molar-refractivity contribution in [3.05, 3.63) is 101 Å². The Labute approximate surface area is 197 Å². The highest BCUT2D eigenvalue weighted by Gasteiger charge is 2.50. The molecule has 8 nitrogen and oxygen atoms in total. The maximum absolute atomic E-state index is 11.7. The van der Waals surface area contributed by atoms with Gasteiger partial charge in [0.15, 0.2) is 12.6 Å². The molecule has 2 saturated heterocycles. The average molecular weight is 463 g/mol. The first kappa shape index (κ1) is 22.6. The van der Waals surface area contributed by atoms with Crippen molar-refractivity contribution >= 4 is 5.91 Å². The van der Waals surface area contributed by atoms with Gasteiger partial charge in [-0.25, -0.2) is 0 Å². The molecule has 0 radical (unpaired) electrons. The van der Waals surface area contributed by atoms with Crippen molar-refractivity contribution in [1.82, 2.24) is 4.98 Å². The van der Waals surface area contributed by atoms with E-state index in [0.717, 1.165) is 11.1 Å². The lowest BCUT2D eigenvalue weighted by molar-refractivity contribution is -0.384. The molecule has 3 heterocycles. The predicted octanol–water partition coefficient (Wildman–Crippen LogP) is 2.68. The minimum absolute atomic E-state index is 0.239. The third kappa shape index (κ3) is 4.72. The first-order chi connectivity index (χ1) is 16.6. The predicted molar refractivity (Wildman–Crippen MR) is 121 cm³/mol. The van der Waals surface area contributed by atoms with Crippen LogP contribution in [-0.2, 0) is 25.4 Å². The van der Waals surface area contributed by atoms with Crippen LogP contribution in [0.5, 0.6) is 0 Å². The smallest absolute Gasteiger partial charge is 0.248 e. The first-order valence-corrected chi connectivity index (χ1v) is 11.2. The van der Waals surface area contributed by atoms with Crippen LogP contribution in [0.3, 0.4) is 0 Å². The summed E-state index contributed by atoms with van der Waals surface area (Å²) >= 11 is 0. The zero-order valence-electron chi connectivity index (χ0n) is 18.4. The fourth-order valence-corrected chi connectivity index (χ4v) is 4.37. The lowest BCUT2D eigenvalue weighted by Crippen LogP contribution is -2.59. The number of nitrogens with two attached hydrogens (primary N) is 1. The number of carbonyl (C=O) groups excluding carboxylic acids is 1. The molecule has 3 aromatic rings. The third-order valence-electron chi connectivity index (χ3n) is 6.05. The number of rotatable bonds is 6. The Kier molecular flexibility index (Phi) is 6.66. The minimum atomic E-state index is -0.688. The van der Waals surface area contributed by atoms with Gasteiger partial charge in [-0.1, -0.05) is 60.7 Å². The Balaban J connectivity index is 1.47. The summed E-state index contributed by atoms with van der Waals surface area (Å²) in [6, 6.07) is 22.3. The summed E-state index contributed by atoms with van der Waals surface area (Å²) in [5.41, 5.74) is 8.13. The Morgan fingerprint density at radius 2 is 1.38 bits per heavy atom. The van der Waals surface area contributed by atoms with Crippen molar-refractivity contribution in [2.75, 3.05) is 6.61 Å². The number of carbonyl (C=O) groups is 1. The summed E-state index contributed by atoms with van der Waals surface area (Å²) in [5, 5.41) is 10.2. The molecule has 2 fully saturated rings. The van der Waals surface area contributed by atoms with Crippen LogP contribution in [0, 0.1) is 0 Å². The van der Waals surface area contributed by atoms with E-state index in [1.54, 1.807) is 18.3 Å². The number of aromatic nitrogens is 1. The molecular formula is C26H26N2O6. The molecule has 2 aliphatic heterocycles. The van der Waals surface area contributed by atoms with E-state index in [4.69, 9.17) is 24.7 Å². The zero-order valence-corrected chi connectivity index (χ0v) is 18.4. The average Bonchev–Trinajstić information content (AvgIpc) is 2.89. The number of fused-ring (bicyclic) bond motifs is 1. The van der Waals surface area contributed by atoms with Gasteiger partial charge < -0.3 is 29.8 Å². The molecule has 3 N–H and O–H groups in total. The molecule has 1 aromatic heterocycles. The number of aliphatic hydroxyl groups is 1. The van der Waals surface area contributed by atoms with Crippen molar-refractivity contribution < 1.29 is 28.8 Å². The summed E-state index contributed by atoms with van der Waals surface area (Å²) in [5.74, 6) is -0.525. The van der Waals surface area contributed by atoms with Gasteiger partial charge >= 0.3 is 0 Å². The molecule has 34 heavy (non-hydrogen) atoms. The van der Waals surface area contributed by atoms with E-state index in [9.17, 15) is 9.90 Å². The number of primary amides is 1. The molecule has 1 amide bonds. The normalized spacial score (nSPS) is 28.7. The molecule has 0 saturated carbocycles. The lowest BCUT2D eigenvalue weighted by atomic mass is 9.95. The Morgan fingerprint density at radius 1 is 0.824 bits per heavy atom. The number of ether oxygens (including phenoxy) is 4. The van der Waals surface area contributed by atoms with Crippen LogP contribution in [0.25, 0.3) is 0 Å². The van der Waals surface area contributed by atoms with Gasteiger partial charge in [0.2, 0.25) is 5.91 Å². The Hall–Kier alpha value is -3.14. The molecular weight excluding hydrogens is 436 g/mol. The molecule has 176 valence electrons.